The van der Waals surface area contributed by atoms with E-state index in [9.17, 15) is 19.7 Å². The minimum absolute atomic E-state index is 0.0384. The fourth-order valence-electron chi connectivity index (χ4n) is 3.43. The van der Waals surface area contributed by atoms with Crippen LogP contribution >= 0.6 is 38.9 Å². The highest BCUT2D eigenvalue weighted by Crippen LogP contribution is 2.38. The molecule has 0 radical (unpaired) electrons. The molecule has 1 aromatic heterocycles. The molecule has 11 heteroatoms. The number of aliphatic imine (C=N–C) groups is 1. The Labute approximate surface area is 220 Å². The van der Waals surface area contributed by atoms with Gasteiger partial charge in [0.1, 0.15) is 10.6 Å². The summed E-state index contributed by atoms with van der Waals surface area (Å²) in [5.41, 5.74) is 0.975. The van der Waals surface area contributed by atoms with Gasteiger partial charge >= 0.3 is 11.9 Å². The zero-order chi connectivity index (χ0) is 25.4. The number of carbonyl (C=O) groups excluding carboxylic acids is 2. The van der Waals surface area contributed by atoms with Gasteiger partial charge in [-0.1, -0.05) is 45.7 Å². The first kappa shape index (κ1) is 23.9. The summed E-state index contributed by atoms with van der Waals surface area (Å²) in [6.45, 7) is 0. The molecular weight excluding hydrogens is 572 g/mol. The number of nitro benzene ring substituents is 1. The zero-order valence-corrected chi connectivity index (χ0v) is 21.1. The lowest BCUT2D eigenvalue weighted by Gasteiger charge is -2.08. The van der Waals surface area contributed by atoms with E-state index < -0.39 is 16.9 Å². The summed E-state index contributed by atoms with van der Waals surface area (Å²) in [4.78, 5) is 40.4. The predicted octanol–water partition coefficient (Wildman–Crippen LogP) is 6.79. The first-order valence-corrected chi connectivity index (χ1v) is 12.2. The molecule has 0 amide bonds. The molecule has 1 aliphatic heterocycles. The van der Waals surface area contributed by atoms with E-state index in [1.165, 1.54) is 24.3 Å². The van der Waals surface area contributed by atoms with Crippen molar-refractivity contribution in [3.8, 4) is 5.75 Å². The van der Waals surface area contributed by atoms with Crippen molar-refractivity contribution in [1.29, 1.82) is 0 Å². The molecule has 0 saturated heterocycles. The lowest BCUT2D eigenvalue weighted by molar-refractivity contribution is -0.384. The van der Waals surface area contributed by atoms with Gasteiger partial charge in [0.2, 0.25) is 5.90 Å². The maximum atomic E-state index is 13.0. The molecule has 0 unspecified atom stereocenters. The van der Waals surface area contributed by atoms with Crippen molar-refractivity contribution in [1.82, 2.24) is 0 Å². The molecule has 5 rings (SSSR count). The molecule has 36 heavy (non-hydrogen) atoms. The standard InChI is InChI=1S/C25H12BrClN2O6S/c26-15-6-9-19(14(10-15)11-18-24(30)35-23(28-18)13-4-2-1-3-5-13)34-25(31)22-21(27)17-8-7-16(29(32)33)12-20(17)36-22/h1-12H/b18-11+. The lowest BCUT2D eigenvalue weighted by Crippen LogP contribution is -2.08. The summed E-state index contributed by atoms with van der Waals surface area (Å²) >= 11 is 10.8. The molecule has 178 valence electrons. The third-order valence-corrected chi connectivity index (χ3v) is 7.25. The average molecular weight is 584 g/mol. The Hall–Kier alpha value is -3.86. The number of cyclic esters (lactones) is 1. The molecule has 3 aromatic carbocycles. The van der Waals surface area contributed by atoms with E-state index in [0.29, 0.717) is 25.7 Å². The van der Waals surface area contributed by atoms with Gasteiger partial charge in [-0.25, -0.2) is 14.6 Å². The topological polar surface area (TPSA) is 108 Å². The molecule has 0 aliphatic carbocycles. The largest absolute Gasteiger partial charge is 0.422 e. The summed E-state index contributed by atoms with van der Waals surface area (Å²) in [5, 5.41) is 11.7. The Bertz CT molecular complexity index is 1630. The van der Waals surface area contributed by atoms with Crippen LogP contribution in [0.5, 0.6) is 5.75 Å². The number of non-ortho nitro benzene ring substituents is 1. The number of halogens is 2. The van der Waals surface area contributed by atoms with Gasteiger partial charge in [-0.3, -0.25) is 10.1 Å². The SMILES string of the molecule is O=C1OC(c2ccccc2)=N/C1=C/c1cc(Br)ccc1OC(=O)c1sc2cc([N+](=O)[O-])ccc2c1Cl. The van der Waals surface area contributed by atoms with Gasteiger partial charge in [-0.15, -0.1) is 11.3 Å². The molecule has 0 atom stereocenters. The van der Waals surface area contributed by atoms with Gasteiger partial charge in [-0.2, -0.15) is 0 Å². The molecule has 8 nitrogen and oxygen atoms in total. The monoisotopic (exact) mass is 582 g/mol. The number of rotatable bonds is 5. The van der Waals surface area contributed by atoms with Gasteiger partial charge in [0.05, 0.1) is 9.95 Å². The van der Waals surface area contributed by atoms with Crippen LogP contribution in [0.25, 0.3) is 16.2 Å². The van der Waals surface area contributed by atoms with Crippen LogP contribution in [-0.2, 0) is 9.53 Å². The van der Waals surface area contributed by atoms with Gasteiger partial charge < -0.3 is 9.47 Å². The Balaban J connectivity index is 1.47. The number of hydrogen-bond acceptors (Lipinski definition) is 8. The number of fused-ring (bicyclic) bond motifs is 1. The van der Waals surface area contributed by atoms with Crippen molar-refractivity contribution in [2.45, 2.75) is 0 Å². The van der Waals surface area contributed by atoms with Gasteiger partial charge in [-0.05, 0) is 42.5 Å². The third-order valence-electron chi connectivity index (χ3n) is 5.12. The summed E-state index contributed by atoms with van der Waals surface area (Å²) in [7, 11) is 0. The zero-order valence-electron chi connectivity index (χ0n) is 17.9. The number of nitro groups is 1. The van der Waals surface area contributed by atoms with E-state index in [1.54, 1.807) is 42.5 Å². The van der Waals surface area contributed by atoms with E-state index in [2.05, 4.69) is 20.9 Å². The van der Waals surface area contributed by atoms with Crippen LogP contribution in [0.4, 0.5) is 5.69 Å². The van der Waals surface area contributed by atoms with E-state index >= 15 is 0 Å². The van der Waals surface area contributed by atoms with Crippen molar-refractivity contribution >= 4 is 78.6 Å². The highest BCUT2D eigenvalue weighted by molar-refractivity contribution is 9.10. The minimum atomic E-state index is -0.742. The van der Waals surface area contributed by atoms with Crippen LogP contribution < -0.4 is 4.74 Å². The average Bonchev–Trinajstić information content (AvgIpc) is 3.40. The predicted molar refractivity (Wildman–Crippen MR) is 140 cm³/mol. The molecular formula is C25H12BrClN2O6S. The molecule has 1 aliphatic rings. The number of ether oxygens (including phenoxy) is 2. The minimum Gasteiger partial charge on any atom is -0.422 e. The van der Waals surface area contributed by atoms with Crippen molar-refractivity contribution in [3.63, 3.8) is 0 Å². The summed E-state index contributed by atoms with van der Waals surface area (Å²) in [6, 6.07) is 18.0. The Morgan fingerprint density at radius 2 is 1.92 bits per heavy atom. The summed E-state index contributed by atoms with van der Waals surface area (Å²) in [5.74, 6) is -1.05. The molecule has 0 spiro atoms. The second-order valence-corrected chi connectivity index (χ2v) is 9.80. The Morgan fingerprint density at radius 3 is 2.67 bits per heavy atom. The summed E-state index contributed by atoms with van der Waals surface area (Å²) < 4.78 is 12.1. The van der Waals surface area contributed by atoms with Gasteiger partial charge in [0.15, 0.2) is 5.70 Å². The number of benzene rings is 3. The van der Waals surface area contributed by atoms with Crippen LogP contribution in [0.2, 0.25) is 5.02 Å². The lowest BCUT2D eigenvalue weighted by atomic mass is 10.1. The fraction of sp³-hybridized carbons (Fsp3) is 0. The number of nitrogens with zero attached hydrogens (tertiary/aromatic N) is 2. The van der Waals surface area contributed by atoms with Crippen molar-refractivity contribution in [2.24, 2.45) is 4.99 Å². The fourth-order valence-corrected chi connectivity index (χ4v) is 5.23. The molecule has 0 saturated carbocycles. The number of carbonyl (C=O) groups is 2. The Morgan fingerprint density at radius 1 is 1.14 bits per heavy atom. The number of esters is 2. The molecule has 0 fully saturated rings. The smallest absolute Gasteiger partial charge is 0.363 e. The van der Waals surface area contributed by atoms with Crippen LogP contribution in [0.1, 0.15) is 20.8 Å². The molecule has 4 aromatic rings. The maximum absolute atomic E-state index is 13.0. The normalized spacial score (nSPS) is 14.1. The molecule has 0 N–H and O–H groups in total. The van der Waals surface area contributed by atoms with E-state index in [4.69, 9.17) is 21.1 Å². The van der Waals surface area contributed by atoms with Gasteiger partial charge in [0.25, 0.3) is 5.69 Å². The van der Waals surface area contributed by atoms with Crippen LogP contribution in [-0.4, -0.2) is 22.8 Å². The first-order chi connectivity index (χ1) is 17.3. The molecule has 0 bridgehead atoms. The first-order valence-electron chi connectivity index (χ1n) is 10.3. The third kappa shape index (κ3) is 4.66. The highest BCUT2D eigenvalue weighted by atomic mass is 79.9. The summed E-state index contributed by atoms with van der Waals surface area (Å²) in [6.07, 6.45) is 1.46. The maximum Gasteiger partial charge on any atom is 0.363 e. The van der Waals surface area contributed by atoms with Crippen molar-refractivity contribution in [3.05, 3.63) is 108 Å². The number of hydrogen-bond donors (Lipinski definition) is 0. The van der Waals surface area contributed by atoms with Crippen molar-refractivity contribution < 1.29 is 24.0 Å². The van der Waals surface area contributed by atoms with Gasteiger partial charge in [0, 0.05) is 37.8 Å². The second kappa shape index (κ2) is 9.65. The van der Waals surface area contributed by atoms with Crippen LogP contribution in [0, 0.1) is 10.1 Å². The second-order valence-electron chi connectivity index (χ2n) is 7.46. The van der Waals surface area contributed by atoms with E-state index in [0.717, 1.165) is 11.3 Å². The molecule has 2 heterocycles. The van der Waals surface area contributed by atoms with Crippen LogP contribution in [0.3, 0.4) is 0 Å². The number of thiophene rings is 1. The van der Waals surface area contributed by atoms with E-state index in [-0.39, 0.29) is 32.9 Å². The van der Waals surface area contributed by atoms with E-state index in [1.807, 2.05) is 6.07 Å². The van der Waals surface area contributed by atoms with Crippen LogP contribution in [0.15, 0.2) is 81.9 Å². The highest BCUT2D eigenvalue weighted by Gasteiger charge is 2.26. The Kier molecular flexibility index (Phi) is 6.40. The quantitative estimate of drug-likeness (QED) is 0.0842. The van der Waals surface area contributed by atoms with Crippen molar-refractivity contribution in [2.75, 3.05) is 0 Å².